The van der Waals surface area contributed by atoms with E-state index in [1.807, 2.05) is 6.07 Å². The van der Waals surface area contributed by atoms with Crippen LogP contribution in [0.5, 0.6) is 0 Å². The first kappa shape index (κ1) is 12.1. The minimum atomic E-state index is -3.43. The lowest BCUT2D eigenvalue weighted by Crippen LogP contribution is -2.35. The molecule has 0 aliphatic carbocycles. The van der Waals surface area contributed by atoms with Gasteiger partial charge in [-0.1, -0.05) is 6.07 Å². The zero-order valence-corrected chi connectivity index (χ0v) is 10.2. The molecule has 0 atom stereocenters. The molecule has 5 heteroatoms. The van der Waals surface area contributed by atoms with Crippen molar-refractivity contribution < 1.29 is 8.42 Å². The number of sulfonamides is 1. The highest BCUT2D eigenvalue weighted by Gasteiger charge is 2.25. The molecule has 1 radical (unpaired) electrons. The summed E-state index contributed by atoms with van der Waals surface area (Å²) >= 11 is 0. The maximum absolute atomic E-state index is 12.3. The van der Waals surface area contributed by atoms with Gasteiger partial charge in [-0.15, -0.1) is 0 Å². The van der Waals surface area contributed by atoms with Crippen LogP contribution in [0.3, 0.4) is 0 Å². The topological polar surface area (TPSA) is 61.2 Å². The third-order valence-corrected chi connectivity index (χ3v) is 4.66. The highest BCUT2D eigenvalue weighted by atomic mass is 32.2. The van der Waals surface area contributed by atoms with E-state index in [1.54, 1.807) is 12.1 Å². The monoisotopic (exact) mass is 249 g/mol. The fraction of sp³-hybridized carbons (Fsp3) is 0.333. The van der Waals surface area contributed by atoms with Crippen LogP contribution in [0.15, 0.2) is 29.2 Å². The Labute approximate surface area is 102 Å². The minimum Gasteiger partial charge on any atom is -0.207 e. The number of nitriles is 1. The van der Waals surface area contributed by atoms with Crippen LogP contribution < -0.4 is 0 Å². The van der Waals surface area contributed by atoms with Gasteiger partial charge in [0.25, 0.3) is 0 Å². The van der Waals surface area contributed by atoms with Gasteiger partial charge in [-0.05, 0) is 37.5 Å². The molecule has 0 spiro atoms. The van der Waals surface area contributed by atoms with Crippen molar-refractivity contribution in [2.24, 2.45) is 0 Å². The zero-order chi connectivity index (χ0) is 12.3. The van der Waals surface area contributed by atoms with Gasteiger partial charge < -0.3 is 0 Å². The Bertz CT molecular complexity index is 540. The Kier molecular flexibility index (Phi) is 3.46. The second-order valence-electron chi connectivity index (χ2n) is 3.91. The maximum atomic E-state index is 12.3. The van der Waals surface area contributed by atoms with Gasteiger partial charge in [-0.2, -0.15) is 9.57 Å². The van der Waals surface area contributed by atoms with Crippen molar-refractivity contribution in [2.45, 2.75) is 17.7 Å². The van der Waals surface area contributed by atoms with E-state index >= 15 is 0 Å². The van der Waals surface area contributed by atoms with E-state index in [0.717, 1.165) is 12.8 Å². The molecule has 2 rings (SSSR count). The number of rotatable bonds is 2. The molecule has 89 valence electrons. The molecule has 1 aromatic rings. The largest absolute Gasteiger partial charge is 0.243 e. The third kappa shape index (κ3) is 2.48. The Balaban J connectivity index is 2.34. The molecule has 0 bridgehead atoms. The van der Waals surface area contributed by atoms with Crippen LogP contribution in [-0.4, -0.2) is 25.8 Å². The number of hydrogen-bond acceptors (Lipinski definition) is 3. The van der Waals surface area contributed by atoms with Crippen LogP contribution in [0.1, 0.15) is 18.4 Å². The van der Waals surface area contributed by atoms with Gasteiger partial charge in [0, 0.05) is 13.1 Å². The van der Waals surface area contributed by atoms with Crippen LogP contribution in [0.2, 0.25) is 0 Å². The van der Waals surface area contributed by atoms with E-state index in [0.29, 0.717) is 18.7 Å². The van der Waals surface area contributed by atoms with Crippen molar-refractivity contribution in [2.75, 3.05) is 13.1 Å². The van der Waals surface area contributed by atoms with E-state index in [1.165, 1.54) is 16.4 Å². The van der Waals surface area contributed by atoms with Crippen molar-refractivity contribution >= 4 is 10.0 Å². The summed E-state index contributed by atoms with van der Waals surface area (Å²) in [5, 5.41) is 8.77. The van der Waals surface area contributed by atoms with Gasteiger partial charge in [0.15, 0.2) is 0 Å². The molecule has 4 nitrogen and oxygen atoms in total. The first-order valence-electron chi connectivity index (χ1n) is 5.46. The molecule has 0 unspecified atom stereocenters. The fourth-order valence-electron chi connectivity index (χ4n) is 1.84. The summed E-state index contributed by atoms with van der Waals surface area (Å²) in [7, 11) is -3.43. The van der Waals surface area contributed by atoms with E-state index in [2.05, 4.69) is 6.42 Å². The highest BCUT2D eigenvalue weighted by molar-refractivity contribution is 7.89. The van der Waals surface area contributed by atoms with E-state index in [4.69, 9.17) is 5.26 Å². The Morgan fingerprint density at radius 3 is 2.59 bits per heavy atom. The lowest BCUT2D eigenvalue weighted by molar-refractivity contribution is 0.384. The summed E-state index contributed by atoms with van der Waals surface area (Å²) in [4.78, 5) is 0.207. The predicted molar refractivity (Wildman–Crippen MR) is 63.4 cm³/mol. The average molecular weight is 249 g/mol. The first-order valence-corrected chi connectivity index (χ1v) is 6.90. The van der Waals surface area contributed by atoms with Crippen molar-refractivity contribution in [1.82, 2.24) is 4.31 Å². The molecule has 1 fully saturated rings. The van der Waals surface area contributed by atoms with E-state index < -0.39 is 10.0 Å². The average Bonchev–Trinajstić information content (AvgIpc) is 2.40. The Hall–Kier alpha value is -1.38. The molecule has 17 heavy (non-hydrogen) atoms. The van der Waals surface area contributed by atoms with Gasteiger partial charge in [-0.3, -0.25) is 0 Å². The Morgan fingerprint density at radius 1 is 1.24 bits per heavy atom. The molecule has 1 aliphatic heterocycles. The quantitative estimate of drug-likeness (QED) is 0.799. The fourth-order valence-corrected chi connectivity index (χ4v) is 3.36. The number of nitrogens with zero attached hydrogens (tertiary/aromatic N) is 2. The second kappa shape index (κ2) is 4.86. The summed E-state index contributed by atoms with van der Waals surface area (Å²) in [6.45, 7) is 1.05. The normalized spacial score (nSPS) is 17.6. The van der Waals surface area contributed by atoms with Crippen LogP contribution in [0.4, 0.5) is 0 Å². The molecule has 1 aromatic carbocycles. The summed E-state index contributed by atoms with van der Waals surface area (Å²) in [5.74, 6) is 0. The van der Waals surface area contributed by atoms with Crippen molar-refractivity contribution in [1.29, 1.82) is 5.26 Å². The van der Waals surface area contributed by atoms with Crippen LogP contribution in [0, 0.1) is 17.8 Å². The molecule has 0 saturated carbocycles. The second-order valence-corrected chi connectivity index (χ2v) is 5.85. The van der Waals surface area contributed by atoms with Crippen LogP contribution >= 0.6 is 0 Å². The first-order chi connectivity index (χ1) is 8.14. The molecule has 0 N–H and O–H groups in total. The van der Waals surface area contributed by atoms with Crippen LogP contribution in [-0.2, 0) is 10.0 Å². The predicted octanol–water partition coefficient (Wildman–Crippen LogP) is 1.55. The molecular weight excluding hydrogens is 236 g/mol. The SMILES string of the molecule is N#Cc1cccc(S(=O)(=O)N2CC[CH]CC2)c1. The number of hydrogen-bond donors (Lipinski definition) is 0. The number of benzene rings is 1. The number of piperidine rings is 1. The van der Waals surface area contributed by atoms with Gasteiger partial charge >= 0.3 is 0 Å². The third-order valence-electron chi connectivity index (χ3n) is 2.77. The zero-order valence-electron chi connectivity index (χ0n) is 9.33. The van der Waals surface area contributed by atoms with Gasteiger partial charge in [-0.25, -0.2) is 8.42 Å². The standard InChI is InChI=1S/C12H13N2O2S/c13-10-11-5-4-6-12(9-11)17(15,16)14-7-2-1-3-8-14/h1,4-6,9H,2-3,7-8H2. The molecule has 0 amide bonds. The molecule has 0 aromatic heterocycles. The van der Waals surface area contributed by atoms with E-state index in [9.17, 15) is 8.42 Å². The lowest BCUT2D eigenvalue weighted by Gasteiger charge is -2.25. The summed E-state index contributed by atoms with van der Waals surface area (Å²) in [6.07, 6.45) is 3.67. The minimum absolute atomic E-state index is 0.207. The van der Waals surface area contributed by atoms with Gasteiger partial charge in [0.1, 0.15) is 0 Å². The molecular formula is C12H13N2O2S. The van der Waals surface area contributed by atoms with Gasteiger partial charge in [0.2, 0.25) is 10.0 Å². The lowest BCUT2D eigenvalue weighted by atomic mass is 10.2. The van der Waals surface area contributed by atoms with E-state index in [-0.39, 0.29) is 4.90 Å². The summed E-state index contributed by atoms with van der Waals surface area (Å²) < 4.78 is 26.0. The van der Waals surface area contributed by atoms with Crippen molar-refractivity contribution in [3.63, 3.8) is 0 Å². The summed E-state index contributed by atoms with van der Waals surface area (Å²) in [5.41, 5.74) is 0.370. The van der Waals surface area contributed by atoms with Crippen LogP contribution in [0.25, 0.3) is 0 Å². The molecule has 1 heterocycles. The highest BCUT2D eigenvalue weighted by Crippen LogP contribution is 2.20. The maximum Gasteiger partial charge on any atom is 0.243 e. The molecule has 1 saturated heterocycles. The summed E-state index contributed by atoms with van der Waals surface area (Å²) in [6, 6.07) is 8.11. The Morgan fingerprint density at radius 2 is 1.94 bits per heavy atom. The van der Waals surface area contributed by atoms with Crippen molar-refractivity contribution in [3.05, 3.63) is 36.2 Å². The van der Waals surface area contributed by atoms with Gasteiger partial charge in [0.05, 0.1) is 16.5 Å². The van der Waals surface area contributed by atoms with Crippen molar-refractivity contribution in [3.8, 4) is 6.07 Å². The molecule has 1 aliphatic rings. The smallest absolute Gasteiger partial charge is 0.207 e.